The Hall–Kier alpha value is -1.97. The standard InChI is InChI=1S/C28H35F3O/c1-3-5-7-18-8-9-20-14-21(11-10-19(20)13-18)22-15-23-17-25(32-12-6-4-2)27(30)28(31)26(23)24(29)16-22/h4,6,15-21H,3,5,7-14H2,1-2H3. The molecule has 0 bridgehead atoms. The quantitative estimate of drug-likeness (QED) is 0.388. The molecule has 1 nitrogen and oxygen atoms in total. The van der Waals surface area contributed by atoms with Crippen molar-refractivity contribution < 1.29 is 17.9 Å². The predicted octanol–water partition coefficient (Wildman–Crippen LogP) is 8.70. The minimum Gasteiger partial charge on any atom is -0.486 e. The SMILES string of the molecule is CC=CCOc1cc2cc(C3CCC4CC(CCCC)CCC4C3)cc(F)c2c(F)c1F. The Balaban J connectivity index is 1.54. The maximum absolute atomic E-state index is 14.9. The van der Waals surface area contributed by atoms with E-state index in [1.54, 1.807) is 12.2 Å². The van der Waals surface area contributed by atoms with E-state index in [4.69, 9.17) is 4.74 Å². The summed E-state index contributed by atoms with van der Waals surface area (Å²) in [4.78, 5) is 0. The van der Waals surface area contributed by atoms with Gasteiger partial charge in [0.05, 0.1) is 5.39 Å². The third kappa shape index (κ3) is 4.84. The van der Waals surface area contributed by atoms with E-state index >= 15 is 0 Å². The second-order valence-electron chi connectivity index (χ2n) is 9.83. The first-order valence-corrected chi connectivity index (χ1v) is 12.4. The zero-order valence-electron chi connectivity index (χ0n) is 19.3. The smallest absolute Gasteiger partial charge is 0.201 e. The summed E-state index contributed by atoms with van der Waals surface area (Å²) in [5.74, 6) is -0.490. The summed E-state index contributed by atoms with van der Waals surface area (Å²) >= 11 is 0. The average molecular weight is 445 g/mol. The van der Waals surface area contributed by atoms with Gasteiger partial charge in [-0.05, 0) is 85.8 Å². The van der Waals surface area contributed by atoms with Gasteiger partial charge in [0.1, 0.15) is 12.4 Å². The van der Waals surface area contributed by atoms with Gasteiger partial charge < -0.3 is 4.74 Å². The molecule has 0 heterocycles. The molecule has 4 rings (SSSR count). The third-order valence-electron chi connectivity index (χ3n) is 7.79. The number of halogens is 3. The van der Waals surface area contributed by atoms with E-state index in [9.17, 15) is 13.2 Å². The number of unbranched alkanes of at least 4 members (excludes halogenated alkanes) is 1. The van der Waals surface area contributed by atoms with E-state index in [1.165, 1.54) is 57.1 Å². The van der Waals surface area contributed by atoms with Gasteiger partial charge in [0.15, 0.2) is 11.6 Å². The lowest BCUT2D eigenvalue weighted by atomic mass is 9.63. The maximum Gasteiger partial charge on any atom is 0.201 e. The molecule has 2 aliphatic carbocycles. The fourth-order valence-corrected chi connectivity index (χ4v) is 6.04. The highest BCUT2D eigenvalue weighted by Gasteiger charge is 2.36. The molecule has 4 unspecified atom stereocenters. The number of hydrogen-bond donors (Lipinski definition) is 0. The van der Waals surface area contributed by atoms with E-state index in [1.807, 2.05) is 13.0 Å². The lowest BCUT2D eigenvalue weighted by Gasteiger charge is -2.42. The summed E-state index contributed by atoms with van der Waals surface area (Å²) in [5.41, 5.74) is 0.909. The van der Waals surface area contributed by atoms with Crippen LogP contribution in [0, 0.1) is 35.2 Å². The Morgan fingerprint density at radius 1 is 0.969 bits per heavy atom. The molecule has 32 heavy (non-hydrogen) atoms. The van der Waals surface area contributed by atoms with E-state index in [0.717, 1.165) is 30.2 Å². The zero-order chi connectivity index (χ0) is 22.7. The number of ether oxygens (including phenoxy) is 1. The first-order valence-electron chi connectivity index (χ1n) is 12.4. The third-order valence-corrected chi connectivity index (χ3v) is 7.79. The molecular weight excluding hydrogens is 409 g/mol. The molecule has 0 aliphatic heterocycles. The van der Waals surface area contributed by atoms with Gasteiger partial charge in [-0.2, -0.15) is 4.39 Å². The molecule has 174 valence electrons. The molecule has 2 saturated carbocycles. The van der Waals surface area contributed by atoms with Crippen LogP contribution in [0.25, 0.3) is 10.8 Å². The van der Waals surface area contributed by atoms with Crippen LogP contribution in [-0.4, -0.2) is 6.61 Å². The first kappa shape index (κ1) is 23.2. The van der Waals surface area contributed by atoms with Crippen molar-refractivity contribution in [3.63, 3.8) is 0 Å². The summed E-state index contributed by atoms with van der Waals surface area (Å²) in [6.45, 7) is 4.23. The Morgan fingerprint density at radius 3 is 2.53 bits per heavy atom. The van der Waals surface area contributed by atoms with E-state index in [2.05, 4.69) is 6.92 Å². The van der Waals surface area contributed by atoms with Crippen LogP contribution >= 0.6 is 0 Å². The Kier molecular flexibility index (Phi) is 7.48. The van der Waals surface area contributed by atoms with Gasteiger partial charge >= 0.3 is 0 Å². The molecule has 0 amide bonds. The molecule has 2 aliphatic rings. The number of rotatable bonds is 7. The molecular formula is C28H35F3O. The van der Waals surface area contributed by atoms with Gasteiger partial charge in [0.2, 0.25) is 5.82 Å². The molecule has 0 N–H and O–H groups in total. The highest BCUT2D eigenvalue weighted by atomic mass is 19.2. The van der Waals surface area contributed by atoms with Crippen LogP contribution in [0.5, 0.6) is 5.75 Å². The molecule has 2 aromatic carbocycles. The van der Waals surface area contributed by atoms with Crippen molar-refractivity contribution >= 4 is 10.8 Å². The summed E-state index contributed by atoms with van der Waals surface area (Å²) in [6, 6.07) is 4.72. The molecule has 2 aromatic rings. The lowest BCUT2D eigenvalue weighted by Crippen LogP contribution is -2.30. The van der Waals surface area contributed by atoms with Gasteiger partial charge in [0.25, 0.3) is 0 Å². The van der Waals surface area contributed by atoms with Crippen molar-refractivity contribution in [2.24, 2.45) is 17.8 Å². The minimum atomic E-state index is -1.17. The highest BCUT2D eigenvalue weighted by molar-refractivity contribution is 5.86. The van der Waals surface area contributed by atoms with Crippen molar-refractivity contribution in [3.05, 3.63) is 53.4 Å². The Morgan fingerprint density at radius 2 is 1.75 bits per heavy atom. The van der Waals surface area contributed by atoms with Crippen LogP contribution in [0.1, 0.15) is 83.1 Å². The van der Waals surface area contributed by atoms with Gasteiger partial charge in [-0.15, -0.1) is 0 Å². The molecule has 0 aromatic heterocycles. The van der Waals surface area contributed by atoms with Gasteiger partial charge in [-0.1, -0.05) is 50.8 Å². The van der Waals surface area contributed by atoms with E-state index in [0.29, 0.717) is 11.3 Å². The minimum absolute atomic E-state index is 0.144. The monoisotopic (exact) mass is 444 g/mol. The molecule has 0 spiro atoms. The van der Waals surface area contributed by atoms with Crippen molar-refractivity contribution in [3.8, 4) is 5.75 Å². The Bertz CT molecular complexity index is 967. The number of fused-ring (bicyclic) bond motifs is 2. The van der Waals surface area contributed by atoms with Crippen LogP contribution in [0.3, 0.4) is 0 Å². The van der Waals surface area contributed by atoms with Crippen molar-refractivity contribution in [2.45, 2.75) is 77.6 Å². The van der Waals surface area contributed by atoms with E-state index in [-0.39, 0.29) is 23.7 Å². The normalized spacial score (nSPS) is 25.9. The summed E-state index contributed by atoms with van der Waals surface area (Å²) < 4.78 is 49.3. The predicted molar refractivity (Wildman–Crippen MR) is 125 cm³/mol. The fourth-order valence-electron chi connectivity index (χ4n) is 6.04. The first-order chi connectivity index (χ1) is 15.5. The molecule has 2 fully saturated rings. The number of benzene rings is 2. The topological polar surface area (TPSA) is 9.23 Å². The van der Waals surface area contributed by atoms with Gasteiger partial charge in [-0.25, -0.2) is 8.78 Å². The van der Waals surface area contributed by atoms with Crippen LogP contribution in [-0.2, 0) is 0 Å². The fraction of sp³-hybridized carbons (Fsp3) is 0.571. The molecule has 0 radical (unpaired) electrons. The number of allylic oxidation sites excluding steroid dienone is 1. The largest absolute Gasteiger partial charge is 0.486 e. The van der Waals surface area contributed by atoms with Crippen molar-refractivity contribution in [1.82, 2.24) is 0 Å². The van der Waals surface area contributed by atoms with Crippen LogP contribution in [0.4, 0.5) is 13.2 Å². The molecule has 4 atom stereocenters. The Labute approximate surface area is 190 Å². The summed E-state index contributed by atoms with van der Waals surface area (Å²) in [7, 11) is 0. The van der Waals surface area contributed by atoms with Crippen molar-refractivity contribution in [1.29, 1.82) is 0 Å². The zero-order valence-corrected chi connectivity index (χ0v) is 19.3. The van der Waals surface area contributed by atoms with Crippen LogP contribution in [0.2, 0.25) is 0 Å². The number of hydrogen-bond acceptors (Lipinski definition) is 1. The van der Waals surface area contributed by atoms with Gasteiger partial charge in [0, 0.05) is 0 Å². The second kappa shape index (κ2) is 10.3. The maximum atomic E-state index is 14.9. The average Bonchev–Trinajstić information content (AvgIpc) is 2.80. The van der Waals surface area contributed by atoms with E-state index < -0.39 is 17.5 Å². The van der Waals surface area contributed by atoms with Crippen LogP contribution in [0.15, 0.2) is 30.4 Å². The molecule has 4 heteroatoms. The summed E-state index contributed by atoms with van der Waals surface area (Å²) in [5, 5.41) is 0.0922. The van der Waals surface area contributed by atoms with Gasteiger partial charge in [-0.3, -0.25) is 0 Å². The van der Waals surface area contributed by atoms with Crippen LogP contribution < -0.4 is 4.74 Å². The highest BCUT2D eigenvalue weighted by Crippen LogP contribution is 2.49. The van der Waals surface area contributed by atoms with Crippen molar-refractivity contribution in [2.75, 3.05) is 6.61 Å². The molecule has 0 saturated heterocycles. The lowest BCUT2D eigenvalue weighted by molar-refractivity contribution is 0.113. The second-order valence-corrected chi connectivity index (χ2v) is 9.83. The summed E-state index contributed by atoms with van der Waals surface area (Å²) in [6.07, 6.45) is 14.7.